The van der Waals surface area contributed by atoms with E-state index in [1.807, 2.05) is 0 Å². The minimum Gasteiger partial charge on any atom is -0.459 e. The Kier molecular flexibility index (Phi) is 5.08. The SMILES string of the molecule is Cl.Clc1cnc(OC2CCCNC2)nc1. The molecule has 0 spiro atoms. The van der Waals surface area contributed by atoms with E-state index in [1.165, 1.54) is 0 Å². The van der Waals surface area contributed by atoms with Gasteiger partial charge >= 0.3 is 6.01 Å². The number of aromatic nitrogens is 2. The molecule has 6 heteroatoms. The Morgan fingerprint density at radius 3 is 2.73 bits per heavy atom. The summed E-state index contributed by atoms with van der Waals surface area (Å²) in [5.74, 6) is 0. The van der Waals surface area contributed by atoms with Crippen molar-refractivity contribution in [2.24, 2.45) is 0 Å². The highest BCUT2D eigenvalue weighted by Crippen LogP contribution is 2.12. The molecule has 1 N–H and O–H groups in total. The van der Waals surface area contributed by atoms with Crippen LogP contribution >= 0.6 is 24.0 Å². The molecule has 0 saturated carbocycles. The molecule has 15 heavy (non-hydrogen) atoms. The largest absolute Gasteiger partial charge is 0.459 e. The van der Waals surface area contributed by atoms with Gasteiger partial charge in [0.05, 0.1) is 17.4 Å². The van der Waals surface area contributed by atoms with Crippen LogP contribution in [0.2, 0.25) is 5.02 Å². The highest BCUT2D eigenvalue weighted by Gasteiger charge is 2.15. The summed E-state index contributed by atoms with van der Waals surface area (Å²) in [5.41, 5.74) is 0. The highest BCUT2D eigenvalue weighted by atomic mass is 35.5. The van der Waals surface area contributed by atoms with Crippen molar-refractivity contribution in [3.05, 3.63) is 17.4 Å². The predicted octanol–water partition coefficient (Wildman–Crippen LogP) is 1.68. The van der Waals surface area contributed by atoms with Crippen molar-refractivity contribution in [2.45, 2.75) is 18.9 Å². The topological polar surface area (TPSA) is 47.0 Å². The zero-order valence-corrected chi connectivity index (χ0v) is 9.72. The molecular formula is C9H13Cl2N3O. The van der Waals surface area contributed by atoms with Crippen molar-refractivity contribution in [3.63, 3.8) is 0 Å². The number of hydrogen-bond acceptors (Lipinski definition) is 4. The zero-order valence-electron chi connectivity index (χ0n) is 8.15. The second-order valence-corrected chi connectivity index (χ2v) is 3.71. The van der Waals surface area contributed by atoms with Crippen molar-refractivity contribution in [1.82, 2.24) is 15.3 Å². The minimum absolute atomic E-state index is 0. The molecule has 4 nitrogen and oxygen atoms in total. The first-order valence-electron chi connectivity index (χ1n) is 4.69. The first-order valence-corrected chi connectivity index (χ1v) is 5.07. The van der Waals surface area contributed by atoms with Crippen LogP contribution in [0.15, 0.2) is 12.4 Å². The molecule has 0 radical (unpaired) electrons. The van der Waals surface area contributed by atoms with Crippen molar-refractivity contribution in [1.29, 1.82) is 0 Å². The Morgan fingerprint density at radius 1 is 1.40 bits per heavy atom. The summed E-state index contributed by atoms with van der Waals surface area (Å²) in [6.45, 7) is 1.94. The lowest BCUT2D eigenvalue weighted by atomic mass is 10.1. The van der Waals surface area contributed by atoms with Crippen molar-refractivity contribution in [3.8, 4) is 6.01 Å². The third-order valence-corrected chi connectivity index (χ3v) is 2.32. The summed E-state index contributed by atoms with van der Waals surface area (Å²) in [5, 5.41) is 3.79. The van der Waals surface area contributed by atoms with Crippen LogP contribution in [-0.4, -0.2) is 29.2 Å². The molecule has 1 saturated heterocycles. The average Bonchev–Trinajstić information content (AvgIpc) is 2.23. The first-order chi connectivity index (χ1) is 6.84. The molecular weight excluding hydrogens is 237 g/mol. The Balaban J connectivity index is 0.00000112. The minimum atomic E-state index is 0. The number of rotatable bonds is 2. The first kappa shape index (κ1) is 12.5. The van der Waals surface area contributed by atoms with E-state index < -0.39 is 0 Å². The van der Waals surface area contributed by atoms with Crippen molar-refractivity contribution >= 4 is 24.0 Å². The van der Waals surface area contributed by atoms with E-state index in [0.717, 1.165) is 25.9 Å². The third-order valence-electron chi connectivity index (χ3n) is 2.12. The van der Waals surface area contributed by atoms with Crippen molar-refractivity contribution < 1.29 is 4.74 Å². The van der Waals surface area contributed by atoms with Gasteiger partial charge in [0.2, 0.25) is 0 Å². The van der Waals surface area contributed by atoms with Gasteiger partial charge in [0.25, 0.3) is 0 Å². The molecule has 2 rings (SSSR count). The number of nitrogens with one attached hydrogen (secondary N) is 1. The molecule has 0 aromatic carbocycles. The molecule has 1 aliphatic rings. The molecule has 1 fully saturated rings. The average molecular weight is 250 g/mol. The molecule has 2 heterocycles. The van der Waals surface area contributed by atoms with Crippen LogP contribution in [0.1, 0.15) is 12.8 Å². The van der Waals surface area contributed by atoms with Gasteiger partial charge in [-0.2, -0.15) is 0 Å². The van der Waals surface area contributed by atoms with E-state index in [2.05, 4.69) is 15.3 Å². The molecule has 84 valence electrons. The third kappa shape index (κ3) is 3.81. The van der Waals surface area contributed by atoms with E-state index in [4.69, 9.17) is 16.3 Å². The second-order valence-electron chi connectivity index (χ2n) is 3.27. The molecule has 0 aliphatic carbocycles. The zero-order chi connectivity index (χ0) is 9.80. The molecule has 0 bridgehead atoms. The van der Waals surface area contributed by atoms with E-state index in [0.29, 0.717) is 11.0 Å². The molecule has 1 aromatic heterocycles. The lowest BCUT2D eigenvalue weighted by Gasteiger charge is -2.22. The highest BCUT2D eigenvalue weighted by molar-refractivity contribution is 6.30. The van der Waals surface area contributed by atoms with E-state index in [-0.39, 0.29) is 18.5 Å². The van der Waals surface area contributed by atoms with Crippen LogP contribution < -0.4 is 10.1 Å². The summed E-state index contributed by atoms with van der Waals surface area (Å²) in [6, 6.07) is 0.406. The summed E-state index contributed by atoms with van der Waals surface area (Å²) in [4.78, 5) is 7.96. The van der Waals surface area contributed by atoms with Gasteiger partial charge in [0, 0.05) is 6.54 Å². The van der Waals surface area contributed by atoms with Crippen LogP contribution in [0.25, 0.3) is 0 Å². The predicted molar refractivity (Wildman–Crippen MR) is 60.8 cm³/mol. The molecule has 0 amide bonds. The molecule has 1 aromatic rings. The lowest BCUT2D eigenvalue weighted by molar-refractivity contribution is 0.153. The fourth-order valence-electron chi connectivity index (χ4n) is 1.43. The summed E-state index contributed by atoms with van der Waals surface area (Å²) >= 11 is 5.66. The van der Waals surface area contributed by atoms with Crippen LogP contribution in [0.4, 0.5) is 0 Å². The molecule has 1 aliphatic heterocycles. The normalized spacial score (nSPS) is 20.5. The van der Waals surface area contributed by atoms with Gasteiger partial charge in [-0.25, -0.2) is 9.97 Å². The second kappa shape index (κ2) is 6.10. The van der Waals surface area contributed by atoms with Gasteiger partial charge in [-0.05, 0) is 19.4 Å². The van der Waals surface area contributed by atoms with Crippen LogP contribution in [-0.2, 0) is 0 Å². The van der Waals surface area contributed by atoms with Gasteiger partial charge in [0.15, 0.2) is 0 Å². The smallest absolute Gasteiger partial charge is 0.316 e. The maximum Gasteiger partial charge on any atom is 0.316 e. The van der Waals surface area contributed by atoms with Gasteiger partial charge < -0.3 is 10.1 Å². The van der Waals surface area contributed by atoms with Crippen LogP contribution in [0, 0.1) is 0 Å². The number of hydrogen-bond donors (Lipinski definition) is 1. The summed E-state index contributed by atoms with van der Waals surface area (Å²) in [7, 11) is 0. The quantitative estimate of drug-likeness (QED) is 0.867. The lowest BCUT2D eigenvalue weighted by Crippen LogP contribution is -2.37. The molecule has 1 unspecified atom stereocenters. The van der Waals surface area contributed by atoms with Gasteiger partial charge in [-0.15, -0.1) is 12.4 Å². The van der Waals surface area contributed by atoms with Crippen LogP contribution in [0.5, 0.6) is 6.01 Å². The monoisotopic (exact) mass is 249 g/mol. The summed E-state index contributed by atoms with van der Waals surface area (Å²) in [6.07, 6.45) is 5.46. The Bertz CT molecular complexity index is 288. The number of nitrogens with zero attached hydrogens (tertiary/aromatic N) is 2. The summed E-state index contributed by atoms with van der Waals surface area (Å²) < 4.78 is 5.57. The number of piperidine rings is 1. The van der Waals surface area contributed by atoms with E-state index in [1.54, 1.807) is 12.4 Å². The Hall–Kier alpha value is -0.580. The Labute approximate surface area is 99.8 Å². The fraction of sp³-hybridized carbons (Fsp3) is 0.556. The van der Waals surface area contributed by atoms with Crippen molar-refractivity contribution in [2.75, 3.05) is 13.1 Å². The fourth-order valence-corrected chi connectivity index (χ4v) is 1.53. The van der Waals surface area contributed by atoms with Gasteiger partial charge in [-0.3, -0.25) is 0 Å². The maximum atomic E-state index is 5.66. The van der Waals surface area contributed by atoms with E-state index >= 15 is 0 Å². The maximum absolute atomic E-state index is 5.66. The standard InChI is InChI=1S/C9H12ClN3O.ClH/c10-7-4-12-9(13-5-7)14-8-2-1-3-11-6-8;/h4-5,8,11H,1-3,6H2;1H. The van der Waals surface area contributed by atoms with Gasteiger partial charge in [-0.1, -0.05) is 11.6 Å². The number of ether oxygens (including phenoxy) is 1. The van der Waals surface area contributed by atoms with Gasteiger partial charge in [0.1, 0.15) is 6.10 Å². The molecule has 1 atom stereocenters. The Morgan fingerprint density at radius 2 is 2.13 bits per heavy atom. The number of halogens is 2. The van der Waals surface area contributed by atoms with E-state index in [9.17, 15) is 0 Å². The van der Waals surface area contributed by atoms with Crippen LogP contribution in [0.3, 0.4) is 0 Å².